The van der Waals surface area contributed by atoms with Crippen LogP contribution in [0.2, 0.25) is 0 Å². The van der Waals surface area contributed by atoms with Gasteiger partial charge in [0, 0.05) is 15.3 Å². The van der Waals surface area contributed by atoms with Crippen LogP contribution in [0.4, 0.5) is 0 Å². The SMILES string of the molecule is COc1ccc(C(=O)NC(C)c2ccc(C)s2)cc1O. The summed E-state index contributed by atoms with van der Waals surface area (Å²) >= 11 is 1.66. The summed E-state index contributed by atoms with van der Waals surface area (Å²) in [4.78, 5) is 14.4. The summed E-state index contributed by atoms with van der Waals surface area (Å²) in [5.74, 6) is 0.0877. The van der Waals surface area contributed by atoms with Crippen molar-refractivity contribution in [3.05, 3.63) is 45.6 Å². The van der Waals surface area contributed by atoms with Crippen molar-refractivity contribution >= 4 is 17.2 Å². The van der Waals surface area contributed by atoms with Gasteiger partial charge in [-0.1, -0.05) is 0 Å². The molecule has 5 heteroatoms. The molecule has 0 spiro atoms. The summed E-state index contributed by atoms with van der Waals surface area (Å²) in [7, 11) is 1.47. The monoisotopic (exact) mass is 291 g/mol. The number of thiophene rings is 1. The minimum atomic E-state index is -0.221. The second-order valence-corrected chi connectivity index (χ2v) is 5.85. The maximum absolute atomic E-state index is 12.1. The van der Waals surface area contributed by atoms with Crippen molar-refractivity contribution in [1.29, 1.82) is 0 Å². The zero-order chi connectivity index (χ0) is 14.7. The Morgan fingerprint density at radius 3 is 2.65 bits per heavy atom. The van der Waals surface area contributed by atoms with Crippen molar-refractivity contribution in [1.82, 2.24) is 5.32 Å². The van der Waals surface area contributed by atoms with Crippen LogP contribution in [0.25, 0.3) is 0 Å². The van der Waals surface area contributed by atoms with Gasteiger partial charge >= 0.3 is 0 Å². The van der Waals surface area contributed by atoms with Crippen LogP contribution in [0, 0.1) is 6.92 Å². The Kier molecular flexibility index (Phi) is 4.29. The van der Waals surface area contributed by atoms with Crippen LogP contribution in [0.1, 0.15) is 33.1 Å². The predicted octanol–water partition coefficient (Wildman–Crippen LogP) is 3.26. The Bertz CT molecular complexity index is 621. The number of phenols is 1. The third-order valence-corrected chi connectivity index (χ3v) is 4.16. The lowest BCUT2D eigenvalue weighted by molar-refractivity contribution is 0.0940. The molecule has 0 saturated carbocycles. The molecule has 1 heterocycles. The van der Waals surface area contributed by atoms with Crippen LogP contribution in [-0.2, 0) is 0 Å². The second kappa shape index (κ2) is 5.96. The van der Waals surface area contributed by atoms with Gasteiger partial charge < -0.3 is 15.2 Å². The molecule has 1 unspecified atom stereocenters. The highest BCUT2D eigenvalue weighted by atomic mass is 32.1. The van der Waals surface area contributed by atoms with Gasteiger partial charge in [0.2, 0.25) is 0 Å². The summed E-state index contributed by atoms with van der Waals surface area (Å²) in [5.41, 5.74) is 0.406. The van der Waals surface area contributed by atoms with E-state index in [1.165, 1.54) is 18.1 Å². The molecule has 1 atom stereocenters. The third kappa shape index (κ3) is 3.11. The molecule has 0 fully saturated rings. The summed E-state index contributed by atoms with van der Waals surface area (Å²) in [6.07, 6.45) is 0. The number of hydrogen-bond donors (Lipinski definition) is 2. The number of carbonyl (C=O) groups is 1. The van der Waals surface area contributed by atoms with Crippen LogP contribution < -0.4 is 10.1 Å². The first-order valence-electron chi connectivity index (χ1n) is 6.25. The molecule has 0 radical (unpaired) electrons. The number of rotatable bonds is 4. The van der Waals surface area contributed by atoms with E-state index < -0.39 is 0 Å². The highest BCUT2D eigenvalue weighted by molar-refractivity contribution is 7.12. The van der Waals surface area contributed by atoms with Gasteiger partial charge in [-0.15, -0.1) is 11.3 Å². The van der Waals surface area contributed by atoms with Crippen molar-refractivity contribution < 1.29 is 14.6 Å². The Morgan fingerprint density at radius 1 is 1.35 bits per heavy atom. The smallest absolute Gasteiger partial charge is 0.251 e. The molecule has 2 aromatic rings. The molecule has 2 N–H and O–H groups in total. The third-order valence-electron chi connectivity index (χ3n) is 2.98. The normalized spacial score (nSPS) is 11.9. The Hall–Kier alpha value is -2.01. The number of ether oxygens (including phenoxy) is 1. The average Bonchev–Trinajstić information content (AvgIpc) is 2.85. The van der Waals surface area contributed by atoms with E-state index in [4.69, 9.17) is 4.74 Å². The quantitative estimate of drug-likeness (QED) is 0.909. The van der Waals surface area contributed by atoms with E-state index >= 15 is 0 Å². The minimum Gasteiger partial charge on any atom is -0.504 e. The summed E-state index contributed by atoms with van der Waals surface area (Å²) in [6.45, 7) is 3.97. The number of aryl methyl sites for hydroxylation is 1. The maximum Gasteiger partial charge on any atom is 0.251 e. The summed E-state index contributed by atoms with van der Waals surface area (Å²) in [5, 5.41) is 12.6. The fraction of sp³-hybridized carbons (Fsp3) is 0.267. The zero-order valence-electron chi connectivity index (χ0n) is 11.6. The molecule has 0 aliphatic rings. The fourth-order valence-corrected chi connectivity index (χ4v) is 2.75. The molecule has 0 aliphatic carbocycles. The average molecular weight is 291 g/mol. The molecular weight excluding hydrogens is 274 g/mol. The number of benzene rings is 1. The lowest BCUT2D eigenvalue weighted by Crippen LogP contribution is -2.26. The van der Waals surface area contributed by atoms with Gasteiger partial charge in [-0.05, 0) is 44.2 Å². The number of methoxy groups -OCH3 is 1. The molecule has 0 saturated heterocycles. The molecule has 1 aromatic carbocycles. The first kappa shape index (κ1) is 14.4. The number of hydrogen-bond acceptors (Lipinski definition) is 4. The van der Waals surface area contributed by atoms with E-state index in [1.54, 1.807) is 23.5 Å². The van der Waals surface area contributed by atoms with E-state index in [0.717, 1.165) is 4.88 Å². The first-order valence-corrected chi connectivity index (χ1v) is 7.07. The van der Waals surface area contributed by atoms with E-state index in [1.807, 2.05) is 26.0 Å². The highest BCUT2D eigenvalue weighted by Gasteiger charge is 2.14. The lowest BCUT2D eigenvalue weighted by atomic mass is 10.1. The number of phenolic OH excluding ortho intramolecular Hbond substituents is 1. The van der Waals surface area contributed by atoms with Gasteiger partial charge in [0.15, 0.2) is 11.5 Å². The van der Waals surface area contributed by atoms with E-state index in [0.29, 0.717) is 11.3 Å². The van der Waals surface area contributed by atoms with Crippen molar-refractivity contribution in [2.24, 2.45) is 0 Å². The molecule has 1 aromatic heterocycles. The van der Waals surface area contributed by atoms with Crippen LogP contribution in [0.5, 0.6) is 11.5 Å². The van der Waals surface area contributed by atoms with Crippen LogP contribution >= 0.6 is 11.3 Å². The van der Waals surface area contributed by atoms with Gasteiger partial charge in [0.05, 0.1) is 13.2 Å². The number of aromatic hydroxyl groups is 1. The molecular formula is C15H17NO3S. The molecule has 2 rings (SSSR count). The maximum atomic E-state index is 12.1. The number of carbonyl (C=O) groups excluding carboxylic acids is 1. The number of nitrogens with one attached hydrogen (secondary N) is 1. The van der Waals surface area contributed by atoms with Crippen LogP contribution in [0.3, 0.4) is 0 Å². The Labute approximate surface area is 122 Å². The molecule has 20 heavy (non-hydrogen) atoms. The van der Waals surface area contributed by atoms with Crippen molar-refractivity contribution in [3.8, 4) is 11.5 Å². The van der Waals surface area contributed by atoms with Crippen molar-refractivity contribution in [3.63, 3.8) is 0 Å². The minimum absolute atomic E-state index is 0.0419. The largest absolute Gasteiger partial charge is 0.504 e. The molecule has 0 bridgehead atoms. The molecule has 4 nitrogen and oxygen atoms in total. The lowest BCUT2D eigenvalue weighted by Gasteiger charge is -2.13. The predicted molar refractivity (Wildman–Crippen MR) is 79.6 cm³/mol. The van der Waals surface area contributed by atoms with E-state index in [-0.39, 0.29) is 17.7 Å². The first-order chi connectivity index (χ1) is 9.51. The standard InChI is InChI=1S/C15H17NO3S/c1-9-4-7-14(20-9)10(2)16-15(18)11-5-6-13(19-3)12(17)8-11/h4-8,10,17H,1-3H3,(H,16,18). The Balaban J connectivity index is 2.10. The second-order valence-electron chi connectivity index (χ2n) is 4.53. The summed E-state index contributed by atoms with van der Waals surface area (Å²) < 4.78 is 4.95. The fourth-order valence-electron chi connectivity index (χ4n) is 1.87. The zero-order valence-corrected chi connectivity index (χ0v) is 12.5. The van der Waals surface area contributed by atoms with Gasteiger partial charge in [-0.2, -0.15) is 0 Å². The number of amides is 1. The topological polar surface area (TPSA) is 58.6 Å². The molecule has 106 valence electrons. The molecule has 1 amide bonds. The van der Waals surface area contributed by atoms with E-state index in [2.05, 4.69) is 5.32 Å². The highest BCUT2D eigenvalue weighted by Crippen LogP contribution is 2.27. The van der Waals surface area contributed by atoms with Crippen molar-refractivity contribution in [2.45, 2.75) is 19.9 Å². The molecule has 0 aliphatic heterocycles. The van der Waals surface area contributed by atoms with Gasteiger partial charge in [-0.25, -0.2) is 0 Å². The van der Waals surface area contributed by atoms with E-state index in [9.17, 15) is 9.90 Å². The van der Waals surface area contributed by atoms with Crippen LogP contribution in [0.15, 0.2) is 30.3 Å². The van der Waals surface area contributed by atoms with Crippen molar-refractivity contribution in [2.75, 3.05) is 7.11 Å². The Morgan fingerprint density at radius 2 is 2.10 bits per heavy atom. The van der Waals surface area contributed by atoms with Gasteiger partial charge in [0.25, 0.3) is 5.91 Å². The van der Waals surface area contributed by atoms with Crippen LogP contribution in [-0.4, -0.2) is 18.1 Å². The van der Waals surface area contributed by atoms with Gasteiger partial charge in [-0.3, -0.25) is 4.79 Å². The van der Waals surface area contributed by atoms with Gasteiger partial charge in [0.1, 0.15) is 0 Å². The summed E-state index contributed by atoms with van der Waals surface area (Å²) in [6, 6.07) is 8.58.